The van der Waals surface area contributed by atoms with Gasteiger partial charge in [0.2, 0.25) is 17.6 Å². The highest BCUT2D eigenvalue weighted by Gasteiger charge is 2.35. The minimum atomic E-state index is 0.312. The zero-order chi connectivity index (χ0) is 14.9. The molecule has 0 spiro atoms. The number of piperidine rings is 1. The third-order valence-electron chi connectivity index (χ3n) is 4.47. The van der Waals surface area contributed by atoms with Crippen molar-refractivity contribution in [1.29, 1.82) is 0 Å². The van der Waals surface area contributed by atoms with Gasteiger partial charge in [-0.25, -0.2) is 0 Å². The van der Waals surface area contributed by atoms with Gasteiger partial charge in [0.25, 0.3) is 0 Å². The molecule has 0 radical (unpaired) electrons. The molecule has 2 aromatic rings. The first kappa shape index (κ1) is 13.9. The molecule has 1 saturated carbocycles. The number of likely N-dealkylation sites (tertiary alicyclic amines) is 1. The molecule has 3 heterocycles. The summed E-state index contributed by atoms with van der Waals surface area (Å²) in [4.78, 5) is 18.7. The van der Waals surface area contributed by atoms with E-state index in [0.29, 0.717) is 29.5 Å². The Morgan fingerprint density at radius 3 is 3.09 bits per heavy atom. The van der Waals surface area contributed by atoms with Crippen LogP contribution in [0.4, 0.5) is 0 Å². The fourth-order valence-electron chi connectivity index (χ4n) is 3.11. The van der Waals surface area contributed by atoms with Gasteiger partial charge in [0.1, 0.15) is 0 Å². The summed E-state index contributed by atoms with van der Waals surface area (Å²) in [5, 5.41) is 8.08. The molecule has 0 N–H and O–H groups in total. The standard InChI is InChI=1S/C16H19N3O2S/c20-16(12-3-4-12)19-6-1-2-11(9-19)8-14-17-15(18-21-14)13-5-7-22-10-13/h5,7,10-12H,1-4,6,8-9H2. The average Bonchev–Trinajstić information content (AvgIpc) is 3.04. The van der Waals surface area contributed by atoms with Crippen LogP contribution in [-0.2, 0) is 11.2 Å². The lowest BCUT2D eigenvalue weighted by Crippen LogP contribution is -2.41. The van der Waals surface area contributed by atoms with Crippen LogP contribution in [0.25, 0.3) is 11.4 Å². The van der Waals surface area contributed by atoms with E-state index in [1.54, 1.807) is 11.3 Å². The Bertz CT molecular complexity index is 648. The molecule has 1 saturated heterocycles. The normalized spacial score (nSPS) is 22.0. The topological polar surface area (TPSA) is 59.2 Å². The second-order valence-electron chi connectivity index (χ2n) is 6.29. The highest BCUT2D eigenvalue weighted by molar-refractivity contribution is 7.08. The van der Waals surface area contributed by atoms with Crippen molar-refractivity contribution in [2.45, 2.75) is 32.1 Å². The third-order valence-corrected chi connectivity index (χ3v) is 5.15. The minimum Gasteiger partial charge on any atom is -0.342 e. The number of carbonyl (C=O) groups is 1. The van der Waals surface area contributed by atoms with E-state index in [1.165, 1.54) is 0 Å². The van der Waals surface area contributed by atoms with Crippen LogP contribution in [0.3, 0.4) is 0 Å². The van der Waals surface area contributed by atoms with Crippen LogP contribution in [0.1, 0.15) is 31.6 Å². The summed E-state index contributed by atoms with van der Waals surface area (Å²) >= 11 is 1.63. The van der Waals surface area contributed by atoms with Crippen molar-refractivity contribution in [2.24, 2.45) is 11.8 Å². The van der Waals surface area contributed by atoms with Crippen LogP contribution in [0.2, 0.25) is 0 Å². The molecule has 1 amide bonds. The van der Waals surface area contributed by atoms with Gasteiger partial charge in [-0.2, -0.15) is 16.3 Å². The average molecular weight is 317 g/mol. The van der Waals surface area contributed by atoms with Gasteiger partial charge in [0.05, 0.1) is 0 Å². The second-order valence-corrected chi connectivity index (χ2v) is 7.07. The summed E-state index contributed by atoms with van der Waals surface area (Å²) in [5.41, 5.74) is 1.01. The number of hydrogen-bond acceptors (Lipinski definition) is 5. The van der Waals surface area contributed by atoms with Gasteiger partial charge in [-0.3, -0.25) is 4.79 Å². The predicted molar refractivity (Wildman–Crippen MR) is 83.3 cm³/mol. The van der Waals surface area contributed by atoms with E-state index in [0.717, 1.165) is 50.8 Å². The Hall–Kier alpha value is -1.69. The molecule has 1 unspecified atom stereocenters. The van der Waals surface area contributed by atoms with E-state index in [4.69, 9.17) is 4.52 Å². The Balaban J connectivity index is 1.39. The Kier molecular flexibility index (Phi) is 3.70. The SMILES string of the molecule is O=C(C1CC1)N1CCCC(Cc2nc(-c3ccsc3)no2)C1. The summed E-state index contributed by atoms with van der Waals surface area (Å²) < 4.78 is 5.39. The lowest BCUT2D eigenvalue weighted by atomic mass is 9.94. The monoisotopic (exact) mass is 317 g/mol. The molecule has 116 valence electrons. The Morgan fingerprint density at radius 1 is 1.41 bits per heavy atom. The number of nitrogens with zero attached hydrogens (tertiary/aromatic N) is 3. The van der Waals surface area contributed by atoms with Gasteiger partial charge in [-0.05, 0) is 43.0 Å². The van der Waals surface area contributed by atoms with Gasteiger partial charge >= 0.3 is 0 Å². The second kappa shape index (κ2) is 5.83. The molecule has 2 fully saturated rings. The molecule has 22 heavy (non-hydrogen) atoms. The molecule has 1 aliphatic heterocycles. The first-order chi connectivity index (χ1) is 10.8. The summed E-state index contributed by atoms with van der Waals surface area (Å²) in [6.07, 6.45) is 5.13. The summed E-state index contributed by atoms with van der Waals surface area (Å²) in [7, 11) is 0. The van der Waals surface area contributed by atoms with Crippen LogP contribution in [-0.4, -0.2) is 34.0 Å². The van der Waals surface area contributed by atoms with Gasteiger partial charge < -0.3 is 9.42 Å². The van der Waals surface area contributed by atoms with Crippen LogP contribution in [0, 0.1) is 11.8 Å². The molecular formula is C16H19N3O2S. The highest BCUT2D eigenvalue weighted by atomic mass is 32.1. The maximum absolute atomic E-state index is 12.2. The zero-order valence-corrected chi connectivity index (χ0v) is 13.2. The van der Waals surface area contributed by atoms with E-state index in [-0.39, 0.29) is 0 Å². The van der Waals surface area contributed by atoms with E-state index < -0.39 is 0 Å². The van der Waals surface area contributed by atoms with Crippen molar-refractivity contribution in [1.82, 2.24) is 15.0 Å². The summed E-state index contributed by atoms with van der Waals surface area (Å²) in [6, 6.07) is 2.00. The molecule has 5 nitrogen and oxygen atoms in total. The van der Waals surface area contributed by atoms with E-state index in [2.05, 4.69) is 10.1 Å². The highest BCUT2D eigenvalue weighted by Crippen LogP contribution is 2.33. The largest absolute Gasteiger partial charge is 0.342 e. The molecule has 4 rings (SSSR count). The molecule has 6 heteroatoms. The van der Waals surface area contributed by atoms with Crippen molar-refractivity contribution >= 4 is 17.2 Å². The zero-order valence-electron chi connectivity index (χ0n) is 12.4. The smallest absolute Gasteiger partial charge is 0.227 e. The number of aromatic nitrogens is 2. The molecular weight excluding hydrogens is 298 g/mol. The first-order valence-corrected chi connectivity index (χ1v) is 8.88. The predicted octanol–water partition coefficient (Wildman–Crippen LogP) is 2.99. The van der Waals surface area contributed by atoms with E-state index >= 15 is 0 Å². The molecule has 1 aliphatic carbocycles. The van der Waals surface area contributed by atoms with Crippen molar-refractivity contribution < 1.29 is 9.32 Å². The maximum atomic E-state index is 12.2. The molecule has 2 aromatic heterocycles. The van der Waals surface area contributed by atoms with E-state index in [1.807, 2.05) is 21.7 Å². The van der Waals surface area contributed by atoms with Crippen LogP contribution >= 0.6 is 11.3 Å². The van der Waals surface area contributed by atoms with Crippen molar-refractivity contribution in [3.63, 3.8) is 0 Å². The van der Waals surface area contributed by atoms with Crippen LogP contribution < -0.4 is 0 Å². The van der Waals surface area contributed by atoms with E-state index in [9.17, 15) is 4.79 Å². The quantitative estimate of drug-likeness (QED) is 0.870. The molecule has 2 aliphatic rings. The van der Waals surface area contributed by atoms with Gasteiger partial charge in [0.15, 0.2) is 0 Å². The van der Waals surface area contributed by atoms with Crippen LogP contribution in [0.15, 0.2) is 21.3 Å². The number of carbonyl (C=O) groups excluding carboxylic acids is 1. The lowest BCUT2D eigenvalue weighted by Gasteiger charge is -2.32. The fourth-order valence-corrected chi connectivity index (χ4v) is 3.75. The summed E-state index contributed by atoms with van der Waals surface area (Å²) in [5.74, 6) is 2.46. The molecule has 0 aromatic carbocycles. The first-order valence-electron chi connectivity index (χ1n) is 7.93. The summed E-state index contributed by atoms with van der Waals surface area (Å²) in [6.45, 7) is 1.75. The maximum Gasteiger partial charge on any atom is 0.227 e. The van der Waals surface area contributed by atoms with Crippen LogP contribution in [0.5, 0.6) is 0 Å². The Morgan fingerprint density at radius 2 is 2.32 bits per heavy atom. The lowest BCUT2D eigenvalue weighted by molar-refractivity contribution is -0.134. The third kappa shape index (κ3) is 2.92. The van der Waals surface area contributed by atoms with Crippen molar-refractivity contribution in [2.75, 3.05) is 13.1 Å². The van der Waals surface area contributed by atoms with Gasteiger partial charge in [-0.1, -0.05) is 5.16 Å². The minimum absolute atomic E-state index is 0.312. The number of amides is 1. The molecule has 0 bridgehead atoms. The number of hydrogen-bond donors (Lipinski definition) is 0. The Labute approximate surface area is 133 Å². The number of rotatable bonds is 4. The van der Waals surface area contributed by atoms with Crippen molar-refractivity contribution in [3.8, 4) is 11.4 Å². The van der Waals surface area contributed by atoms with Gasteiger partial charge in [0, 0.05) is 36.4 Å². The van der Waals surface area contributed by atoms with Crippen molar-refractivity contribution in [3.05, 3.63) is 22.7 Å². The fraction of sp³-hybridized carbons (Fsp3) is 0.562. The molecule has 1 atom stereocenters. The van der Waals surface area contributed by atoms with Gasteiger partial charge in [-0.15, -0.1) is 0 Å². The number of thiophene rings is 1.